The first-order chi connectivity index (χ1) is 5.75. The van der Waals surface area contributed by atoms with Gasteiger partial charge in [0.1, 0.15) is 0 Å². The summed E-state index contributed by atoms with van der Waals surface area (Å²) in [5, 5.41) is 8.52. The van der Waals surface area contributed by atoms with Crippen molar-refractivity contribution in [2.75, 3.05) is 0 Å². The summed E-state index contributed by atoms with van der Waals surface area (Å²) in [6, 6.07) is 4.16. The maximum absolute atomic E-state index is 8.52. The minimum absolute atomic E-state index is 0.318. The topological polar surface area (TPSA) is 36.7 Å². The van der Waals surface area contributed by atoms with E-state index in [2.05, 4.69) is 18.0 Å². The molecule has 1 unspecified atom stereocenters. The molecule has 0 aliphatic heterocycles. The summed E-state index contributed by atoms with van der Waals surface area (Å²) in [5.74, 6) is 0.318. The van der Waals surface area contributed by atoms with Gasteiger partial charge in [-0.1, -0.05) is 6.92 Å². The molecule has 0 aliphatic rings. The molecule has 0 aromatic carbocycles. The highest BCUT2D eigenvalue weighted by atomic mass is 14.6. The van der Waals surface area contributed by atoms with Gasteiger partial charge in [-0.05, 0) is 30.0 Å². The zero-order chi connectivity index (χ0) is 8.97. The molecule has 0 N–H and O–H groups in total. The summed E-state index contributed by atoms with van der Waals surface area (Å²) in [6.07, 6.45) is 4.18. The van der Waals surface area contributed by atoms with Crippen LogP contribution in [0.25, 0.3) is 0 Å². The maximum atomic E-state index is 8.52. The lowest BCUT2D eigenvalue weighted by Crippen LogP contribution is -1.95. The average Bonchev–Trinajstić information content (AvgIpc) is 2.05. The van der Waals surface area contributed by atoms with Crippen LogP contribution in [0.15, 0.2) is 18.5 Å². The van der Waals surface area contributed by atoms with Crippen molar-refractivity contribution >= 4 is 0 Å². The van der Waals surface area contributed by atoms with Crippen LogP contribution in [0, 0.1) is 18.3 Å². The Labute approximate surface area is 72.9 Å². The monoisotopic (exact) mass is 160 g/mol. The van der Waals surface area contributed by atoms with Gasteiger partial charge in [0.25, 0.3) is 0 Å². The Bertz CT molecular complexity index is 299. The standard InChI is InChI=1S/C10H12N2/c1-8(3-5-11)10-4-6-12-7-9(10)2/h4,6-8H,3H2,1-2H3. The lowest BCUT2D eigenvalue weighted by molar-refractivity contribution is 0.779. The van der Waals surface area contributed by atoms with E-state index in [1.807, 2.05) is 19.2 Å². The molecule has 0 aliphatic carbocycles. The fourth-order valence-electron chi connectivity index (χ4n) is 1.28. The molecule has 0 fully saturated rings. The molecule has 1 aromatic heterocycles. The van der Waals surface area contributed by atoms with E-state index in [1.54, 1.807) is 6.20 Å². The Morgan fingerprint density at radius 2 is 2.42 bits per heavy atom. The second-order valence-electron chi connectivity index (χ2n) is 3.00. The number of nitrogens with zero attached hydrogens (tertiary/aromatic N) is 2. The van der Waals surface area contributed by atoms with E-state index in [0.29, 0.717) is 12.3 Å². The SMILES string of the molecule is Cc1cnccc1C(C)CC#N. The van der Waals surface area contributed by atoms with Crippen molar-refractivity contribution in [3.05, 3.63) is 29.6 Å². The normalized spacial score (nSPS) is 12.1. The second kappa shape index (κ2) is 3.87. The van der Waals surface area contributed by atoms with E-state index < -0.39 is 0 Å². The zero-order valence-electron chi connectivity index (χ0n) is 7.41. The molecule has 0 saturated heterocycles. The van der Waals surface area contributed by atoms with Crippen LogP contribution < -0.4 is 0 Å². The van der Waals surface area contributed by atoms with Gasteiger partial charge in [0.2, 0.25) is 0 Å². The van der Waals surface area contributed by atoms with Crippen molar-refractivity contribution in [1.29, 1.82) is 5.26 Å². The third-order valence-electron chi connectivity index (χ3n) is 1.99. The number of pyridine rings is 1. The molecule has 1 atom stereocenters. The number of nitriles is 1. The first-order valence-corrected chi connectivity index (χ1v) is 4.03. The Balaban J connectivity index is 2.88. The van der Waals surface area contributed by atoms with Gasteiger partial charge >= 0.3 is 0 Å². The van der Waals surface area contributed by atoms with E-state index in [1.165, 1.54) is 11.1 Å². The van der Waals surface area contributed by atoms with E-state index in [4.69, 9.17) is 5.26 Å². The minimum Gasteiger partial charge on any atom is -0.264 e. The summed E-state index contributed by atoms with van der Waals surface area (Å²) < 4.78 is 0. The molecule has 0 amide bonds. The molecule has 0 spiro atoms. The van der Waals surface area contributed by atoms with E-state index >= 15 is 0 Å². The number of hydrogen-bond acceptors (Lipinski definition) is 2. The van der Waals surface area contributed by atoms with Crippen molar-refractivity contribution in [2.24, 2.45) is 0 Å². The van der Waals surface area contributed by atoms with Crippen LogP contribution in [0.5, 0.6) is 0 Å². The highest BCUT2D eigenvalue weighted by Gasteiger charge is 2.06. The molecule has 2 heteroatoms. The van der Waals surface area contributed by atoms with Crippen molar-refractivity contribution < 1.29 is 0 Å². The average molecular weight is 160 g/mol. The second-order valence-corrected chi connectivity index (χ2v) is 3.00. The highest BCUT2D eigenvalue weighted by Crippen LogP contribution is 2.20. The minimum atomic E-state index is 0.318. The molecule has 1 heterocycles. The summed E-state index contributed by atoms with van der Waals surface area (Å²) >= 11 is 0. The van der Waals surface area contributed by atoms with Crippen LogP contribution in [0.1, 0.15) is 30.4 Å². The van der Waals surface area contributed by atoms with Gasteiger partial charge in [0.15, 0.2) is 0 Å². The van der Waals surface area contributed by atoms with Crippen LogP contribution in [0.4, 0.5) is 0 Å². The molecule has 2 nitrogen and oxygen atoms in total. The molecule has 0 bridgehead atoms. The van der Waals surface area contributed by atoms with E-state index in [9.17, 15) is 0 Å². The number of aryl methyl sites for hydroxylation is 1. The maximum Gasteiger partial charge on any atom is 0.0628 e. The fraction of sp³-hybridized carbons (Fsp3) is 0.400. The number of aromatic nitrogens is 1. The van der Waals surface area contributed by atoms with Crippen molar-refractivity contribution in [2.45, 2.75) is 26.2 Å². The zero-order valence-corrected chi connectivity index (χ0v) is 7.41. The third-order valence-corrected chi connectivity index (χ3v) is 1.99. The van der Waals surface area contributed by atoms with Crippen molar-refractivity contribution in [1.82, 2.24) is 4.98 Å². The van der Waals surface area contributed by atoms with E-state index in [-0.39, 0.29) is 0 Å². The quantitative estimate of drug-likeness (QED) is 0.666. The molecule has 1 rings (SSSR count). The van der Waals surface area contributed by atoms with Crippen LogP contribution in [-0.4, -0.2) is 4.98 Å². The first-order valence-electron chi connectivity index (χ1n) is 4.03. The van der Waals surface area contributed by atoms with Crippen LogP contribution in [-0.2, 0) is 0 Å². The van der Waals surface area contributed by atoms with Crippen LogP contribution in [0.2, 0.25) is 0 Å². The summed E-state index contributed by atoms with van der Waals surface area (Å²) in [6.45, 7) is 4.09. The summed E-state index contributed by atoms with van der Waals surface area (Å²) in [4.78, 5) is 4.00. The van der Waals surface area contributed by atoms with Gasteiger partial charge in [0.05, 0.1) is 6.07 Å². The fourth-order valence-corrected chi connectivity index (χ4v) is 1.28. The van der Waals surface area contributed by atoms with Gasteiger partial charge < -0.3 is 0 Å². The predicted molar refractivity (Wildman–Crippen MR) is 47.6 cm³/mol. The van der Waals surface area contributed by atoms with Gasteiger partial charge in [-0.25, -0.2) is 0 Å². The van der Waals surface area contributed by atoms with Crippen molar-refractivity contribution in [3.63, 3.8) is 0 Å². The Morgan fingerprint density at radius 3 is 3.00 bits per heavy atom. The lowest BCUT2D eigenvalue weighted by atomic mass is 9.96. The van der Waals surface area contributed by atoms with E-state index in [0.717, 1.165) is 0 Å². The number of rotatable bonds is 2. The number of hydrogen-bond donors (Lipinski definition) is 0. The predicted octanol–water partition coefficient (Wildman–Crippen LogP) is 2.41. The molecular formula is C10H12N2. The van der Waals surface area contributed by atoms with Crippen LogP contribution >= 0.6 is 0 Å². The molecule has 0 saturated carbocycles. The lowest BCUT2D eigenvalue weighted by Gasteiger charge is -2.09. The van der Waals surface area contributed by atoms with Crippen molar-refractivity contribution in [3.8, 4) is 6.07 Å². The summed E-state index contributed by atoms with van der Waals surface area (Å²) in [7, 11) is 0. The highest BCUT2D eigenvalue weighted by molar-refractivity contribution is 5.25. The van der Waals surface area contributed by atoms with Gasteiger partial charge in [-0.2, -0.15) is 5.26 Å². The molecule has 1 aromatic rings. The Hall–Kier alpha value is -1.36. The largest absolute Gasteiger partial charge is 0.264 e. The summed E-state index contributed by atoms with van der Waals surface area (Å²) in [5.41, 5.74) is 2.40. The first kappa shape index (κ1) is 8.73. The van der Waals surface area contributed by atoms with Gasteiger partial charge in [0, 0.05) is 18.8 Å². The van der Waals surface area contributed by atoms with Gasteiger partial charge in [-0.3, -0.25) is 4.98 Å². The third kappa shape index (κ3) is 1.82. The molecule has 0 radical (unpaired) electrons. The Morgan fingerprint density at radius 1 is 1.67 bits per heavy atom. The molecular weight excluding hydrogens is 148 g/mol. The smallest absolute Gasteiger partial charge is 0.0628 e. The van der Waals surface area contributed by atoms with Gasteiger partial charge in [-0.15, -0.1) is 0 Å². The molecule has 12 heavy (non-hydrogen) atoms. The Kier molecular flexibility index (Phi) is 2.82. The van der Waals surface area contributed by atoms with Crippen LogP contribution in [0.3, 0.4) is 0 Å². The molecule has 62 valence electrons.